The summed E-state index contributed by atoms with van der Waals surface area (Å²) in [5.41, 5.74) is 2.77. The van der Waals surface area contributed by atoms with Crippen LogP contribution in [0.5, 0.6) is 5.75 Å². The monoisotopic (exact) mass is 341 g/mol. The number of halogens is 2. The topological polar surface area (TPSA) is 21.3 Å². The van der Waals surface area contributed by atoms with Gasteiger partial charge in [-0.25, -0.2) is 4.39 Å². The number of hydrogen-bond acceptors (Lipinski definition) is 2. The molecular weight excluding hydrogens is 325 g/mol. The van der Waals surface area contributed by atoms with Crippen LogP contribution in [-0.2, 0) is 13.2 Å². The molecule has 122 valence electrons. The summed E-state index contributed by atoms with van der Waals surface area (Å²) in [4.78, 5) is 0. The number of rotatable bonds is 6. The number of ether oxygens (including phenoxy) is 1. The van der Waals surface area contributed by atoms with Crippen molar-refractivity contribution < 1.29 is 9.13 Å². The van der Waals surface area contributed by atoms with Crippen LogP contribution in [0.1, 0.15) is 11.1 Å². The van der Waals surface area contributed by atoms with Crippen LogP contribution in [-0.4, -0.2) is 0 Å². The highest BCUT2D eigenvalue weighted by Gasteiger charge is 2.01. The molecule has 4 heteroatoms. The molecule has 3 rings (SSSR count). The zero-order valence-corrected chi connectivity index (χ0v) is 13.8. The van der Waals surface area contributed by atoms with Gasteiger partial charge in [0.15, 0.2) is 0 Å². The first-order valence-electron chi connectivity index (χ1n) is 7.65. The molecule has 1 N–H and O–H groups in total. The highest BCUT2D eigenvalue weighted by Crippen LogP contribution is 2.22. The summed E-state index contributed by atoms with van der Waals surface area (Å²) in [7, 11) is 0. The normalized spacial score (nSPS) is 10.4. The van der Waals surface area contributed by atoms with Crippen LogP contribution in [0.4, 0.5) is 10.1 Å². The van der Waals surface area contributed by atoms with Crippen LogP contribution in [0.15, 0.2) is 72.8 Å². The Hall–Kier alpha value is -2.52. The average Bonchev–Trinajstić information content (AvgIpc) is 2.60. The maximum absolute atomic E-state index is 13.2. The lowest BCUT2D eigenvalue weighted by molar-refractivity contribution is 0.305. The van der Waals surface area contributed by atoms with Crippen LogP contribution in [0.3, 0.4) is 0 Å². The Morgan fingerprint density at radius 2 is 1.67 bits per heavy atom. The van der Waals surface area contributed by atoms with Crippen molar-refractivity contribution in [1.29, 1.82) is 0 Å². The predicted molar refractivity (Wildman–Crippen MR) is 96.0 cm³/mol. The Balaban J connectivity index is 1.60. The average molecular weight is 342 g/mol. The van der Waals surface area contributed by atoms with E-state index in [-0.39, 0.29) is 5.82 Å². The number of para-hydroxylation sites is 1. The first kappa shape index (κ1) is 16.3. The minimum absolute atomic E-state index is 0.256. The van der Waals surface area contributed by atoms with E-state index in [0.29, 0.717) is 18.2 Å². The molecule has 3 aromatic rings. The van der Waals surface area contributed by atoms with Gasteiger partial charge in [-0.15, -0.1) is 0 Å². The summed E-state index contributed by atoms with van der Waals surface area (Å²) >= 11 is 6.13. The summed E-state index contributed by atoms with van der Waals surface area (Å²) in [5.74, 6) is 0.492. The van der Waals surface area contributed by atoms with E-state index in [9.17, 15) is 4.39 Å². The molecule has 0 heterocycles. The Morgan fingerprint density at radius 3 is 2.50 bits per heavy atom. The molecule has 24 heavy (non-hydrogen) atoms. The summed E-state index contributed by atoms with van der Waals surface area (Å²) < 4.78 is 18.9. The molecule has 0 aromatic heterocycles. The second-order valence-corrected chi connectivity index (χ2v) is 5.81. The zero-order valence-electron chi connectivity index (χ0n) is 13.0. The summed E-state index contributed by atoms with van der Waals surface area (Å²) in [6.07, 6.45) is 0. The molecule has 3 aromatic carbocycles. The third-order valence-corrected chi connectivity index (χ3v) is 3.88. The molecule has 0 aliphatic heterocycles. The minimum Gasteiger partial charge on any atom is -0.489 e. The van der Waals surface area contributed by atoms with Gasteiger partial charge in [-0.2, -0.15) is 0 Å². The second kappa shape index (κ2) is 7.84. The molecular formula is C20H17ClFNO. The van der Waals surface area contributed by atoms with E-state index in [1.807, 2.05) is 54.6 Å². The Labute approximate surface area is 145 Å². The third kappa shape index (κ3) is 4.49. The molecule has 2 nitrogen and oxygen atoms in total. The van der Waals surface area contributed by atoms with E-state index in [0.717, 1.165) is 22.6 Å². The summed E-state index contributed by atoms with van der Waals surface area (Å²) in [6, 6.07) is 21.8. The number of benzene rings is 3. The van der Waals surface area contributed by atoms with E-state index < -0.39 is 0 Å². The molecule has 0 amide bonds. The first-order valence-corrected chi connectivity index (χ1v) is 8.03. The molecule has 0 spiro atoms. The van der Waals surface area contributed by atoms with E-state index in [1.165, 1.54) is 12.1 Å². The molecule has 0 atom stereocenters. The van der Waals surface area contributed by atoms with Gasteiger partial charge in [0, 0.05) is 6.54 Å². The van der Waals surface area contributed by atoms with Crippen LogP contribution in [0.25, 0.3) is 0 Å². The van der Waals surface area contributed by atoms with Crippen molar-refractivity contribution in [2.24, 2.45) is 0 Å². The van der Waals surface area contributed by atoms with Gasteiger partial charge in [0.1, 0.15) is 18.2 Å². The Morgan fingerprint density at radius 1 is 0.875 bits per heavy atom. The van der Waals surface area contributed by atoms with Crippen LogP contribution >= 0.6 is 11.6 Å². The lowest BCUT2D eigenvalue weighted by Crippen LogP contribution is -2.01. The number of hydrogen-bond donors (Lipinski definition) is 1. The molecule has 0 saturated heterocycles. The lowest BCUT2D eigenvalue weighted by Gasteiger charge is -2.11. The van der Waals surface area contributed by atoms with Crippen LogP contribution in [0, 0.1) is 5.82 Å². The molecule has 0 aliphatic carbocycles. The highest BCUT2D eigenvalue weighted by molar-refractivity contribution is 6.33. The molecule has 0 radical (unpaired) electrons. The van der Waals surface area contributed by atoms with Crippen molar-refractivity contribution in [2.45, 2.75) is 13.2 Å². The lowest BCUT2D eigenvalue weighted by atomic mass is 10.2. The van der Waals surface area contributed by atoms with Gasteiger partial charge in [0.2, 0.25) is 0 Å². The van der Waals surface area contributed by atoms with Gasteiger partial charge >= 0.3 is 0 Å². The van der Waals surface area contributed by atoms with Crippen molar-refractivity contribution in [3.8, 4) is 5.75 Å². The van der Waals surface area contributed by atoms with Gasteiger partial charge in [0.05, 0.1) is 10.7 Å². The van der Waals surface area contributed by atoms with Crippen LogP contribution in [0.2, 0.25) is 5.02 Å². The maximum Gasteiger partial charge on any atom is 0.123 e. The standard InChI is InChI=1S/C20H17ClFNO/c21-19-9-1-2-10-20(19)23-13-15-5-4-8-18(12-15)24-14-16-6-3-7-17(22)11-16/h1-12,23H,13-14H2. The SMILES string of the molecule is Fc1cccc(COc2cccc(CNc3ccccc3Cl)c2)c1. The zero-order chi connectivity index (χ0) is 16.8. The van der Waals surface area contributed by atoms with E-state index >= 15 is 0 Å². The van der Waals surface area contributed by atoms with Gasteiger partial charge in [0.25, 0.3) is 0 Å². The van der Waals surface area contributed by atoms with Crippen molar-refractivity contribution in [3.05, 3.63) is 94.8 Å². The van der Waals surface area contributed by atoms with Crippen molar-refractivity contribution >= 4 is 17.3 Å². The number of anilines is 1. The fraction of sp³-hybridized carbons (Fsp3) is 0.100. The molecule has 0 aliphatic rings. The molecule has 0 fully saturated rings. The Bertz CT molecular complexity index is 822. The largest absolute Gasteiger partial charge is 0.489 e. The minimum atomic E-state index is -0.256. The second-order valence-electron chi connectivity index (χ2n) is 5.40. The fourth-order valence-electron chi connectivity index (χ4n) is 2.34. The van der Waals surface area contributed by atoms with Crippen molar-refractivity contribution in [1.82, 2.24) is 0 Å². The first-order chi connectivity index (χ1) is 11.7. The fourth-order valence-corrected chi connectivity index (χ4v) is 2.54. The molecule has 0 unspecified atom stereocenters. The third-order valence-electron chi connectivity index (χ3n) is 3.55. The summed E-state index contributed by atoms with van der Waals surface area (Å²) in [6.45, 7) is 0.972. The van der Waals surface area contributed by atoms with Gasteiger partial charge in [-0.05, 0) is 47.5 Å². The van der Waals surface area contributed by atoms with E-state index in [2.05, 4.69) is 5.32 Å². The smallest absolute Gasteiger partial charge is 0.123 e. The van der Waals surface area contributed by atoms with E-state index in [1.54, 1.807) is 6.07 Å². The van der Waals surface area contributed by atoms with Crippen molar-refractivity contribution in [3.63, 3.8) is 0 Å². The molecule has 0 bridgehead atoms. The van der Waals surface area contributed by atoms with E-state index in [4.69, 9.17) is 16.3 Å². The van der Waals surface area contributed by atoms with Crippen molar-refractivity contribution in [2.75, 3.05) is 5.32 Å². The highest BCUT2D eigenvalue weighted by atomic mass is 35.5. The van der Waals surface area contributed by atoms with Gasteiger partial charge in [-0.3, -0.25) is 0 Å². The predicted octanol–water partition coefficient (Wildman–Crippen LogP) is 5.67. The van der Waals surface area contributed by atoms with Gasteiger partial charge < -0.3 is 10.1 Å². The summed E-state index contributed by atoms with van der Waals surface area (Å²) in [5, 5.41) is 3.99. The molecule has 0 saturated carbocycles. The Kier molecular flexibility index (Phi) is 5.34. The van der Waals surface area contributed by atoms with Crippen LogP contribution < -0.4 is 10.1 Å². The van der Waals surface area contributed by atoms with Gasteiger partial charge in [-0.1, -0.05) is 48.0 Å². The number of nitrogens with one attached hydrogen (secondary N) is 1. The quantitative estimate of drug-likeness (QED) is 0.623. The maximum atomic E-state index is 13.2.